The number of pyridine rings is 1. The first kappa shape index (κ1) is 12.2. The average Bonchev–Trinajstić information content (AvgIpc) is 2.73. The summed E-state index contributed by atoms with van der Waals surface area (Å²) in [5, 5.41) is 0. The second-order valence-corrected chi connectivity index (χ2v) is 5.83. The van der Waals surface area contributed by atoms with Crippen molar-refractivity contribution in [1.29, 1.82) is 0 Å². The van der Waals surface area contributed by atoms with Gasteiger partial charge in [-0.1, -0.05) is 0 Å². The van der Waals surface area contributed by atoms with Crippen molar-refractivity contribution in [3.05, 3.63) is 48.3 Å². The normalized spacial score (nSPS) is 12.0. The molecule has 0 radical (unpaired) electrons. The standard InChI is InChI=1S/C11H10N3O2.Tl/c1-8(15)16-11(10-6-13-7-14-10)9-2-4-12-5-3-9;/h2-7,11H,1H3;/q-1;+1. The Morgan fingerprint density at radius 2 is 2.18 bits per heavy atom. The van der Waals surface area contributed by atoms with Gasteiger partial charge in [-0.2, -0.15) is 0 Å². The van der Waals surface area contributed by atoms with Crippen LogP contribution in [0.2, 0.25) is 0 Å². The van der Waals surface area contributed by atoms with Crippen molar-refractivity contribution in [2.45, 2.75) is 13.0 Å². The third-order valence-corrected chi connectivity index (χ3v) is 3.28. The molecule has 0 saturated carbocycles. The maximum absolute atomic E-state index is 11.1. The van der Waals surface area contributed by atoms with Crippen molar-refractivity contribution in [3.8, 4) is 0 Å². The molecular weight excluding hydrogens is 411 g/mol. The van der Waals surface area contributed by atoms with Crippen molar-refractivity contribution in [2.24, 2.45) is 0 Å². The Balaban J connectivity index is 2.35. The molecule has 2 aromatic heterocycles. The molecule has 5 nitrogen and oxygen atoms in total. The third kappa shape index (κ3) is 3.11. The first-order chi connectivity index (χ1) is 8.16. The number of carbonyl (C=O) groups excluding carboxylic acids is 1. The van der Waals surface area contributed by atoms with Crippen LogP contribution in [0.5, 0.6) is 0 Å². The molecule has 0 saturated heterocycles. The summed E-state index contributed by atoms with van der Waals surface area (Å²) in [4.78, 5) is 19.3. The molecule has 6 heteroatoms. The predicted molar refractivity (Wildman–Crippen MR) is 61.2 cm³/mol. The average molecular weight is 421 g/mol. The summed E-state index contributed by atoms with van der Waals surface area (Å²) < 4.78 is 7.29. The summed E-state index contributed by atoms with van der Waals surface area (Å²) in [6.07, 6.45) is 6.54. The first-order valence-corrected chi connectivity index (χ1v) is 7.03. The number of carbonyl (C=O) groups is 1. The van der Waals surface area contributed by atoms with Crippen LogP contribution in [-0.2, 0) is 9.53 Å². The number of rotatable bonds is 3. The van der Waals surface area contributed by atoms with E-state index in [-0.39, 0.29) is 5.97 Å². The van der Waals surface area contributed by atoms with E-state index in [0.717, 1.165) is 11.3 Å². The fourth-order valence-electron chi connectivity index (χ4n) is 1.49. The topological polar surface area (TPSA) is 57.0 Å². The van der Waals surface area contributed by atoms with Crippen LogP contribution in [0.1, 0.15) is 24.3 Å². The van der Waals surface area contributed by atoms with Gasteiger partial charge in [-0.05, 0) is 0 Å². The Hall–Kier alpha value is -1.25. The molecule has 17 heavy (non-hydrogen) atoms. The van der Waals surface area contributed by atoms with Crippen LogP contribution in [0, 0.1) is 0 Å². The molecule has 2 heterocycles. The van der Waals surface area contributed by atoms with Crippen LogP contribution in [0.3, 0.4) is 0 Å². The zero-order valence-electron chi connectivity index (χ0n) is 9.28. The molecule has 0 aromatic carbocycles. The second-order valence-electron chi connectivity index (χ2n) is 3.52. The van der Waals surface area contributed by atoms with Gasteiger partial charge in [0.05, 0.1) is 0 Å². The maximum atomic E-state index is 11.1. The van der Waals surface area contributed by atoms with E-state index < -0.39 is 6.10 Å². The van der Waals surface area contributed by atoms with Crippen molar-refractivity contribution >= 4 is 32.0 Å². The Morgan fingerprint density at radius 1 is 1.47 bits per heavy atom. The number of aromatic nitrogens is 3. The van der Waals surface area contributed by atoms with E-state index in [1.165, 1.54) is 6.92 Å². The molecule has 0 aliphatic heterocycles. The van der Waals surface area contributed by atoms with Gasteiger partial charge in [-0.15, -0.1) is 0 Å². The van der Waals surface area contributed by atoms with Crippen LogP contribution in [0.25, 0.3) is 0 Å². The molecule has 0 fully saturated rings. The molecule has 1 unspecified atom stereocenters. The Labute approximate surface area is 115 Å². The SMILES string of the molecule is CC(=O)OC(c1ccncc1)c1c[n]([Tl])cn1. The van der Waals surface area contributed by atoms with Gasteiger partial charge in [0, 0.05) is 0 Å². The van der Waals surface area contributed by atoms with E-state index in [1.807, 2.05) is 20.7 Å². The summed E-state index contributed by atoms with van der Waals surface area (Å²) in [6.45, 7) is 1.40. The molecule has 84 valence electrons. The van der Waals surface area contributed by atoms with Gasteiger partial charge in [0.1, 0.15) is 0 Å². The van der Waals surface area contributed by atoms with Gasteiger partial charge < -0.3 is 0 Å². The van der Waals surface area contributed by atoms with E-state index in [4.69, 9.17) is 4.74 Å². The van der Waals surface area contributed by atoms with E-state index >= 15 is 0 Å². The zero-order chi connectivity index (χ0) is 12.3. The molecular formula is C11H10N3O2Tl. The van der Waals surface area contributed by atoms with E-state index in [0.29, 0.717) is 26.1 Å². The van der Waals surface area contributed by atoms with Crippen LogP contribution < -0.4 is 0 Å². The number of nitrogens with zero attached hydrogens (tertiary/aromatic N) is 3. The summed E-state index contributed by atoms with van der Waals surface area (Å²) in [5.74, 6) is -0.322. The number of imidazole rings is 1. The second kappa shape index (κ2) is 5.39. The quantitative estimate of drug-likeness (QED) is 0.546. The van der Waals surface area contributed by atoms with Crippen LogP contribution >= 0.6 is 0 Å². The van der Waals surface area contributed by atoms with Crippen LogP contribution in [-0.4, -0.2) is 44.4 Å². The van der Waals surface area contributed by atoms with E-state index in [2.05, 4.69) is 9.97 Å². The van der Waals surface area contributed by atoms with Gasteiger partial charge in [-0.3, -0.25) is 0 Å². The molecule has 0 aliphatic rings. The number of esters is 1. The molecule has 0 N–H and O–H groups in total. The van der Waals surface area contributed by atoms with Gasteiger partial charge in [-0.25, -0.2) is 0 Å². The molecule has 0 bridgehead atoms. The van der Waals surface area contributed by atoms with Crippen molar-refractivity contribution in [1.82, 2.24) is 12.3 Å². The molecule has 0 amide bonds. The number of hydrogen-bond donors (Lipinski definition) is 0. The minimum atomic E-state index is -0.449. The Morgan fingerprint density at radius 3 is 2.71 bits per heavy atom. The van der Waals surface area contributed by atoms with E-state index in [1.54, 1.807) is 18.7 Å². The fraction of sp³-hybridized carbons (Fsp3) is 0.182. The fourth-order valence-corrected chi connectivity index (χ4v) is 2.34. The van der Waals surface area contributed by atoms with Gasteiger partial charge in [0.25, 0.3) is 0 Å². The summed E-state index contributed by atoms with van der Waals surface area (Å²) in [5.41, 5.74) is 1.62. The minimum absolute atomic E-state index is 0.322. The van der Waals surface area contributed by atoms with Gasteiger partial charge in [0.2, 0.25) is 0 Å². The number of ether oxygens (including phenoxy) is 1. The zero-order valence-corrected chi connectivity index (χ0v) is 13.8. The van der Waals surface area contributed by atoms with Gasteiger partial charge >= 0.3 is 115 Å². The molecule has 0 aliphatic carbocycles. The predicted octanol–water partition coefficient (Wildman–Crippen LogP) is 0.862. The third-order valence-electron chi connectivity index (χ3n) is 2.18. The van der Waals surface area contributed by atoms with Crippen molar-refractivity contribution in [2.75, 3.05) is 0 Å². The molecule has 0 spiro atoms. The first-order valence-electron chi connectivity index (χ1n) is 5.03. The van der Waals surface area contributed by atoms with Crippen molar-refractivity contribution < 1.29 is 9.53 Å². The Kier molecular flexibility index (Phi) is 3.87. The van der Waals surface area contributed by atoms with Crippen molar-refractivity contribution in [3.63, 3.8) is 0 Å². The van der Waals surface area contributed by atoms with Gasteiger partial charge in [0.15, 0.2) is 0 Å². The van der Waals surface area contributed by atoms with Crippen LogP contribution in [0.15, 0.2) is 37.1 Å². The molecule has 1 atom stereocenters. The Bertz CT molecular complexity index is 512. The molecule has 2 rings (SSSR count). The summed E-state index contributed by atoms with van der Waals surface area (Å²) >= 11 is 0.650. The monoisotopic (exact) mass is 421 g/mol. The van der Waals surface area contributed by atoms with E-state index in [9.17, 15) is 4.79 Å². The summed E-state index contributed by atoms with van der Waals surface area (Å²) in [6, 6.07) is 3.64. The summed E-state index contributed by atoms with van der Waals surface area (Å²) in [7, 11) is 0. The molecule has 2 aromatic rings. The van der Waals surface area contributed by atoms with Crippen LogP contribution in [0.4, 0.5) is 0 Å². The number of hydrogen-bond acceptors (Lipinski definition) is 4.